The molecule has 1 aliphatic heterocycles. The lowest BCUT2D eigenvalue weighted by Gasteiger charge is -2.29. The minimum absolute atomic E-state index is 0.153. The molecule has 11 heteroatoms. The number of ether oxygens (including phenoxy) is 1. The molecular weight excluding hydrogens is 507 g/mol. The Morgan fingerprint density at radius 1 is 1.08 bits per heavy atom. The van der Waals surface area contributed by atoms with Crippen molar-refractivity contribution < 1.29 is 17.9 Å². The van der Waals surface area contributed by atoms with Crippen molar-refractivity contribution in [3.05, 3.63) is 59.8 Å². The standard InChI is InChI=1S/C28H30F3N7O/c1-17(2)37-15-22(28(29,30)31)34-26(37)20-7-5-18(6-8-20)14-36-11-4-12-38-23(36)13-21(35-38)24-25(19-9-10-19)32-16-33-27(24)39-3/h5-8,13,15-17,19H,4,9-12,14H2,1-3H3. The van der Waals surface area contributed by atoms with E-state index in [1.165, 1.54) is 0 Å². The summed E-state index contributed by atoms with van der Waals surface area (Å²) in [5, 5.41) is 4.91. The lowest BCUT2D eigenvalue weighted by atomic mass is 10.1. The van der Waals surface area contributed by atoms with Crippen LogP contribution in [0.15, 0.2) is 42.9 Å². The Labute approximate surface area is 224 Å². The minimum Gasteiger partial charge on any atom is -0.480 e. The van der Waals surface area contributed by atoms with E-state index in [0.29, 0.717) is 29.7 Å². The molecule has 4 heterocycles. The van der Waals surface area contributed by atoms with Gasteiger partial charge in [-0.2, -0.15) is 18.3 Å². The van der Waals surface area contributed by atoms with Crippen molar-refractivity contribution in [3.8, 4) is 28.5 Å². The van der Waals surface area contributed by atoms with Crippen molar-refractivity contribution >= 4 is 5.82 Å². The number of halogens is 3. The van der Waals surface area contributed by atoms with Gasteiger partial charge in [0.2, 0.25) is 5.88 Å². The first-order valence-electron chi connectivity index (χ1n) is 13.2. The number of alkyl halides is 3. The quantitative estimate of drug-likeness (QED) is 0.284. The van der Waals surface area contributed by atoms with Gasteiger partial charge in [0.1, 0.15) is 23.7 Å². The van der Waals surface area contributed by atoms with E-state index in [4.69, 9.17) is 9.84 Å². The molecule has 1 aliphatic carbocycles. The van der Waals surface area contributed by atoms with Gasteiger partial charge in [0.15, 0.2) is 5.69 Å². The fourth-order valence-electron chi connectivity index (χ4n) is 5.20. The zero-order chi connectivity index (χ0) is 27.3. The number of hydrogen-bond acceptors (Lipinski definition) is 6. The summed E-state index contributed by atoms with van der Waals surface area (Å²) in [5.41, 5.74) is 3.50. The molecule has 4 aromatic rings. The van der Waals surface area contributed by atoms with Gasteiger partial charge >= 0.3 is 6.18 Å². The van der Waals surface area contributed by atoms with E-state index >= 15 is 0 Å². The van der Waals surface area contributed by atoms with Gasteiger partial charge in [0.05, 0.1) is 18.4 Å². The maximum atomic E-state index is 13.3. The van der Waals surface area contributed by atoms with E-state index in [1.807, 2.05) is 42.8 Å². The van der Waals surface area contributed by atoms with E-state index in [9.17, 15) is 13.2 Å². The molecule has 6 rings (SSSR count). The van der Waals surface area contributed by atoms with Gasteiger partial charge in [-0.3, -0.25) is 0 Å². The minimum atomic E-state index is -4.49. The fraction of sp³-hybridized carbons (Fsp3) is 0.429. The summed E-state index contributed by atoms with van der Waals surface area (Å²) in [6.45, 7) is 6.03. The first kappa shape index (κ1) is 25.4. The van der Waals surface area contributed by atoms with Crippen LogP contribution < -0.4 is 9.64 Å². The number of methoxy groups -OCH3 is 1. The second-order valence-electron chi connectivity index (χ2n) is 10.4. The Kier molecular flexibility index (Phi) is 6.31. The Bertz CT molecular complexity index is 1490. The molecule has 3 aromatic heterocycles. The fourth-order valence-corrected chi connectivity index (χ4v) is 5.20. The Hall–Kier alpha value is -3.89. The van der Waals surface area contributed by atoms with Crippen molar-refractivity contribution in [1.29, 1.82) is 0 Å². The van der Waals surface area contributed by atoms with Crippen LogP contribution in [-0.4, -0.2) is 43.0 Å². The van der Waals surface area contributed by atoms with Crippen LogP contribution >= 0.6 is 0 Å². The molecule has 1 saturated carbocycles. The zero-order valence-corrected chi connectivity index (χ0v) is 22.1. The highest BCUT2D eigenvalue weighted by Crippen LogP contribution is 2.46. The molecule has 0 saturated heterocycles. The number of hydrogen-bond donors (Lipinski definition) is 0. The van der Waals surface area contributed by atoms with Gasteiger partial charge in [-0.25, -0.2) is 19.6 Å². The normalized spacial score (nSPS) is 15.6. The van der Waals surface area contributed by atoms with Gasteiger partial charge in [0, 0.05) is 49.4 Å². The van der Waals surface area contributed by atoms with Crippen molar-refractivity contribution in [2.24, 2.45) is 0 Å². The average Bonchev–Trinajstić information content (AvgIpc) is 3.49. The molecule has 1 aromatic carbocycles. The molecule has 1 fully saturated rings. The van der Waals surface area contributed by atoms with E-state index in [2.05, 4.69) is 25.9 Å². The smallest absolute Gasteiger partial charge is 0.434 e. The van der Waals surface area contributed by atoms with Gasteiger partial charge in [-0.1, -0.05) is 24.3 Å². The maximum Gasteiger partial charge on any atom is 0.434 e. The summed E-state index contributed by atoms with van der Waals surface area (Å²) in [4.78, 5) is 15.1. The van der Waals surface area contributed by atoms with Gasteiger partial charge in [-0.05, 0) is 38.7 Å². The Balaban J connectivity index is 1.27. The molecule has 0 unspecified atom stereocenters. The molecule has 2 aliphatic rings. The molecule has 39 heavy (non-hydrogen) atoms. The molecule has 0 amide bonds. The Morgan fingerprint density at radius 3 is 2.51 bits per heavy atom. The largest absolute Gasteiger partial charge is 0.480 e. The van der Waals surface area contributed by atoms with Crippen molar-refractivity contribution in [2.75, 3.05) is 18.6 Å². The number of fused-ring (bicyclic) bond motifs is 1. The molecule has 204 valence electrons. The number of benzene rings is 1. The van der Waals surface area contributed by atoms with Crippen LogP contribution in [-0.2, 0) is 19.3 Å². The third-order valence-corrected chi connectivity index (χ3v) is 7.30. The molecule has 0 atom stereocenters. The first-order valence-corrected chi connectivity index (χ1v) is 13.2. The van der Waals surface area contributed by atoms with E-state index in [-0.39, 0.29) is 6.04 Å². The molecule has 8 nitrogen and oxygen atoms in total. The summed E-state index contributed by atoms with van der Waals surface area (Å²) < 4.78 is 49.1. The number of imidazole rings is 1. The highest BCUT2D eigenvalue weighted by Gasteiger charge is 2.35. The van der Waals surface area contributed by atoms with Gasteiger partial charge in [0.25, 0.3) is 0 Å². The zero-order valence-electron chi connectivity index (χ0n) is 22.1. The summed E-state index contributed by atoms with van der Waals surface area (Å²) in [6, 6.07) is 9.53. The highest BCUT2D eigenvalue weighted by molar-refractivity contribution is 5.71. The summed E-state index contributed by atoms with van der Waals surface area (Å²) in [6.07, 6.45) is 1.33. The van der Waals surface area contributed by atoms with Crippen LogP contribution in [0.1, 0.15) is 62.0 Å². The number of nitrogens with zero attached hydrogens (tertiary/aromatic N) is 7. The van der Waals surface area contributed by atoms with Crippen LogP contribution in [0.2, 0.25) is 0 Å². The van der Waals surface area contributed by atoms with E-state index < -0.39 is 11.9 Å². The van der Waals surface area contributed by atoms with Gasteiger partial charge < -0.3 is 14.2 Å². The van der Waals surface area contributed by atoms with Crippen LogP contribution in [0.25, 0.3) is 22.6 Å². The Morgan fingerprint density at radius 2 is 1.85 bits per heavy atom. The van der Waals surface area contributed by atoms with Crippen LogP contribution in [0, 0.1) is 0 Å². The van der Waals surface area contributed by atoms with Crippen LogP contribution in [0.5, 0.6) is 5.88 Å². The van der Waals surface area contributed by atoms with Gasteiger partial charge in [-0.15, -0.1) is 0 Å². The number of aromatic nitrogens is 6. The highest BCUT2D eigenvalue weighted by atomic mass is 19.4. The molecule has 0 bridgehead atoms. The lowest BCUT2D eigenvalue weighted by molar-refractivity contribution is -0.140. The summed E-state index contributed by atoms with van der Waals surface area (Å²) >= 11 is 0. The van der Waals surface area contributed by atoms with Crippen molar-refractivity contribution in [1.82, 2.24) is 29.3 Å². The number of anilines is 1. The predicted octanol–water partition coefficient (Wildman–Crippen LogP) is 6.10. The molecule has 0 spiro atoms. The van der Waals surface area contributed by atoms with E-state index in [0.717, 1.165) is 66.9 Å². The predicted molar refractivity (Wildman–Crippen MR) is 140 cm³/mol. The second kappa shape index (κ2) is 9.69. The van der Waals surface area contributed by atoms with Crippen molar-refractivity contribution in [2.45, 2.75) is 64.3 Å². The molecule has 0 radical (unpaired) electrons. The third kappa shape index (κ3) is 4.86. The average molecular weight is 538 g/mol. The summed E-state index contributed by atoms with van der Waals surface area (Å²) in [7, 11) is 1.62. The van der Waals surface area contributed by atoms with Crippen molar-refractivity contribution in [3.63, 3.8) is 0 Å². The summed E-state index contributed by atoms with van der Waals surface area (Å²) in [5.74, 6) is 2.29. The lowest BCUT2D eigenvalue weighted by Crippen LogP contribution is -2.31. The van der Waals surface area contributed by atoms with E-state index in [1.54, 1.807) is 18.0 Å². The second-order valence-corrected chi connectivity index (χ2v) is 10.4. The molecular formula is C28H30F3N7O. The molecule has 0 N–H and O–H groups in total. The number of aryl methyl sites for hydroxylation is 1. The topological polar surface area (TPSA) is 73.9 Å². The third-order valence-electron chi connectivity index (χ3n) is 7.30. The first-order chi connectivity index (χ1) is 18.7. The SMILES string of the molecule is COc1ncnc(C2CC2)c1-c1cc2n(n1)CCCN2Cc1ccc(-c2nc(C(F)(F)F)cn2C(C)C)cc1. The van der Waals surface area contributed by atoms with Crippen LogP contribution in [0.3, 0.4) is 0 Å². The monoisotopic (exact) mass is 537 g/mol. The number of rotatable bonds is 7. The van der Waals surface area contributed by atoms with Crippen LogP contribution in [0.4, 0.5) is 19.0 Å². The maximum absolute atomic E-state index is 13.3.